The molecule has 0 saturated heterocycles. The van der Waals surface area contributed by atoms with Gasteiger partial charge in [0.15, 0.2) is 0 Å². The summed E-state index contributed by atoms with van der Waals surface area (Å²) in [6, 6.07) is 33.3. The third-order valence-electron chi connectivity index (χ3n) is 11.0. The van der Waals surface area contributed by atoms with Gasteiger partial charge in [-0.2, -0.15) is 0 Å². The molecule has 1 aliphatic heterocycles. The van der Waals surface area contributed by atoms with Gasteiger partial charge in [-0.25, -0.2) is 0 Å². The molecule has 0 nitrogen and oxygen atoms in total. The van der Waals surface area contributed by atoms with Crippen LogP contribution in [0, 0.1) is 41.5 Å². The molecule has 6 aromatic heterocycles. The summed E-state index contributed by atoms with van der Waals surface area (Å²) in [6.45, 7) is 14.1. The van der Waals surface area contributed by atoms with Crippen LogP contribution in [-0.2, 0) is 0 Å². The Morgan fingerprint density at radius 3 is 1.19 bits per heavy atom. The first-order chi connectivity index (χ1) is 25.5. The van der Waals surface area contributed by atoms with Gasteiger partial charge in [-0.3, -0.25) is 0 Å². The number of thiophene rings is 6. The number of benzene rings is 2. The van der Waals surface area contributed by atoms with Crippen LogP contribution >= 0.6 is 68.0 Å². The zero-order valence-electron chi connectivity index (χ0n) is 31.3. The zero-order valence-corrected chi connectivity index (χ0v) is 38.3. The van der Waals surface area contributed by atoms with E-state index in [0.29, 0.717) is 0 Å². The Morgan fingerprint density at radius 2 is 0.830 bits per heavy atom. The maximum absolute atomic E-state index is 2.61. The second-order valence-electron chi connectivity index (χ2n) is 15.3. The summed E-state index contributed by atoms with van der Waals surface area (Å²) in [7, 11) is 0. The normalized spacial score (nSPS) is 13.1. The molecule has 2 aromatic carbocycles. The molecule has 7 heterocycles. The fourth-order valence-corrected chi connectivity index (χ4v) is 25.1. The van der Waals surface area contributed by atoms with Gasteiger partial charge in [-0.05, 0) is 0 Å². The molecule has 0 spiro atoms. The molecule has 0 N–H and O–H groups in total. The van der Waals surface area contributed by atoms with E-state index in [4.69, 9.17) is 0 Å². The maximum atomic E-state index is 2.61. The molecule has 1 aliphatic rings. The Labute approximate surface area is 341 Å². The number of hydrogen-bond donors (Lipinski definition) is 0. The molecule has 0 radical (unpaired) electrons. The van der Waals surface area contributed by atoms with E-state index in [9.17, 15) is 0 Å². The molecule has 0 amide bonds. The van der Waals surface area contributed by atoms with Crippen molar-refractivity contribution < 1.29 is 0 Å². The van der Waals surface area contributed by atoms with Gasteiger partial charge in [0.25, 0.3) is 0 Å². The van der Waals surface area contributed by atoms with E-state index in [-0.39, 0.29) is 13.4 Å². The van der Waals surface area contributed by atoms with Crippen molar-refractivity contribution in [1.82, 2.24) is 0 Å². The summed E-state index contributed by atoms with van der Waals surface area (Å²) >= 11 is 9.37. The molecule has 0 unspecified atom stereocenters. The first kappa shape index (κ1) is 36.0. The number of hydrogen-bond acceptors (Lipinski definition) is 6. The minimum absolute atomic E-state index is 0.274. The average molecular weight is 855 g/mol. The fourth-order valence-electron chi connectivity index (χ4n) is 8.77. The fraction of sp³-hybridized carbons (Fsp3) is 0.182. The van der Waals surface area contributed by atoms with Crippen molar-refractivity contribution in [3.63, 3.8) is 0 Å². The van der Waals surface area contributed by atoms with Crippen LogP contribution in [0.1, 0.15) is 33.4 Å². The second-order valence-corrected chi connectivity index (χ2v) is 30.6. The first-order valence-corrected chi connectivity index (χ1v) is 29.5. The summed E-state index contributed by atoms with van der Waals surface area (Å²) in [5.74, 6) is 5.23. The second kappa shape index (κ2) is 13.8. The van der Waals surface area contributed by atoms with E-state index in [1.165, 1.54) is 82.9 Å². The molecule has 0 fully saturated rings. The van der Waals surface area contributed by atoms with Gasteiger partial charge < -0.3 is 0 Å². The number of aryl methyl sites for hydroxylation is 6. The molecule has 262 valence electrons. The van der Waals surface area contributed by atoms with Crippen LogP contribution in [0.5, 0.6) is 0 Å². The Hall–Kier alpha value is -2.69. The molecule has 0 bridgehead atoms. The van der Waals surface area contributed by atoms with Gasteiger partial charge in [0, 0.05) is 0 Å². The topological polar surface area (TPSA) is 0 Å². The summed E-state index contributed by atoms with van der Waals surface area (Å²) in [6.07, 6.45) is 0. The van der Waals surface area contributed by atoms with Crippen molar-refractivity contribution in [2.75, 3.05) is 0 Å². The van der Waals surface area contributed by atoms with E-state index in [1.807, 2.05) is 68.0 Å². The predicted molar refractivity (Wildman–Crippen MR) is 250 cm³/mol. The Kier molecular flexibility index (Phi) is 9.37. The summed E-state index contributed by atoms with van der Waals surface area (Å²) in [5, 5.41) is 4.46. The average Bonchev–Trinajstić information content (AvgIpc) is 3.95. The van der Waals surface area contributed by atoms with Crippen molar-refractivity contribution in [1.29, 1.82) is 0 Å². The summed E-state index contributed by atoms with van der Waals surface area (Å²) in [5.41, 5.74) is 11.2. The predicted octanol–water partition coefficient (Wildman–Crippen LogP) is 9.08. The molecule has 53 heavy (non-hydrogen) atoms. The van der Waals surface area contributed by atoms with E-state index >= 15 is 0 Å². The van der Waals surface area contributed by atoms with Crippen molar-refractivity contribution in [3.05, 3.63) is 129 Å². The van der Waals surface area contributed by atoms with Crippen LogP contribution in [0.3, 0.4) is 0 Å². The van der Waals surface area contributed by atoms with Crippen LogP contribution in [0.25, 0.3) is 29.3 Å². The summed E-state index contributed by atoms with van der Waals surface area (Å²) in [4.78, 5) is 8.78. The van der Waals surface area contributed by atoms with Crippen molar-refractivity contribution >= 4 is 134 Å². The van der Waals surface area contributed by atoms with Gasteiger partial charge in [-0.1, -0.05) is 0 Å². The third kappa shape index (κ3) is 6.21. The molecule has 9 heteroatoms. The van der Waals surface area contributed by atoms with Gasteiger partial charge >= 0.3 is 345 Å². The molecule has 9 rings (SSSR count). The van der Waals surface area contributed by atoms with E-state index in [0.717, 1.165) is 0 Å². The van der Waals surface area contributed by atoms with Crippen molar-refractivity contribution in [3.8, 4) is 29.3 Å². The molecule has 0 saturated carbocycles. The van der Waals surface area contributed by atoms with Crippen LogP contribution in [-0.4, -0.2) is 26.7 Å². The van der Waals surface area contributed by atoms with Gasteiger partial charge in [0.1, 0.15) is 0 Å². The van der Waals surface area contributed by atoms with E-state index in [1.54, 1.807) is 18.5 Å². The van der Waals surface area contributed by atoms with E-state index < -0.39 is 13.3 Å². The van der Waals surface area contributed by atoms with Gasteiger partial charge in [0.05, 0.1) is 0 Å². The molecular formula is C44H40B2GeS6. The number of fused-ring (bicyclic) bond motifs is 3. The Bertz CT molecular complexity index is 2400. The van der Waals surface area contributed by atoms with Crippen molar-refractivity contribution in [2.45, 2.75) is 53.1 Å². The minimum atomic E-state index is -2.47. The molecule has 0 aliphatic carbocycles. The number of rotatable bonds is 8. The summed E-state index contributed by atoms with van der Waals surface area (Å²) < 4.78 is 9.08. The van der Waals surface area contributed by atoms with Gasteiger partial charge in [-0.15, -0.1) is 0 Å². The Balaban J connectivity index is 1.07. The SMILES string of the molecule is Cc1cc(C)c(B(c2cccs2)c2ccc(-c3c[c]4c(s3)-c3sc(-c5ccc(B(c6cccs6)c6c(C)cc(C)cc6C)s5)c[c]3[Ge]4([CH3])[CH3])s2)c(C)c1. The van der Waals surface area contributed by atoms with Crippen LogP contribution < -0.4 is 38.8 Å². The molecular weight excluding hydrogens is 815 g/mol. The standard InChI is InChI=1S/C44H40B2GeS6/c1-25-19-27(3)41(28(4)20-25)45(37-11-9-17-48-37)39-15-13-33(50-39)35-23-31-43(52-35)44-32(47(31,7)8)24-36(53-44)34-14-16-40(51-34)46(38-12-10-18-49-38)42-29(5)21-26(2)22-30(42)6/h9-24H,1-8H3. The third-order valence-corrected chi connectivity index (χ3v) is 26.1. The van der Waals surface area contributed by atoms with Crippen LogP contribution in [0.4, 0.5) is 0 Å². The van der Waals surface area contributed by atoms with Crippen LogP contribution in [0.15, 0.2) is 95.7 Å². The molecule has 0 atom stereocenters. The van der Waals surface area contributed by atoms with Gasteiger partial charge in [0.2, 0.25) is 0 Å². The van der Waals surface area contributed by atoms with E-state index in [2.05, 4.69) is 149 Å². The first-order valence-electron chi connectivity index (χ1n) is 18.2. The van der Waals surface area contributed by atoms with Crippen LogP contribution in [0.2, 0.25) is 11.5 Å². The quantitative estimate of drug-likeness (QED) is 0.134. The zero-order chi connectivity index (χ0) is 36.8. The monoisotopic (exact) mass is 856 g/mol. The Morgan fingerprint density at radius 1 is 0.434 bits per heavy atom. The van der Waals surface area contributed by atoms with Crippen molar-refractivity contribution in [2.24, 2.45) is 0 Å². The molecule has 8 aromatic rings.